The summed E-state index contributed by atoms with van der Waals surface area (Å²) in [6.07, 6.45) is 1.50. The second-order valence-corrected chi connectivity index (χ2v) is 7.77. The molecule has 4 aromatic rings. The van der Waals surface area contributed by atoms with Crippen LogP contribution in [0.15, 0.2) is 67.0 Å². The van der Waals surface area contributed by atoms with Crippen molar-refractivity contribution < 1.29 is 9.47 Å². The van der Waals surface area contributed by atoms with Crippen LogP contribution in [0.2, 0.25) is 0 Å². The smallest absolute Gasteiger partial charge is 0.176 e. The Morgan fingerprint density at radius 2 is 1.66 bits per heavy atom. The number of fused-ring (bicyclic) bond motifs is 1. The summed E-state index contributed by atoms with van der Waals surface area (Å²) in [6.45, 7) is 4.52. The van der Waals surface area contributed by atoms with Gasteiger partial charge in [-0.05, 0) is 48.8 Å². The highest BCUT2D eigenvalue weighted by Gasteiger charge is 2.13. The van der Waals surface area contributed by atoms with Crippen molar-refractivity contribution in [3.8, 4) is 11.5 Å². The number of hydrogen-bond donors (Lipinski definition) is 2. The standard InChI is InChI=1S/C25H24N4O2S/c1-16-8-7-9-17(2)23(16)28-25(32)29-24-19-12-21(30-3)22(13-20(19)26-15-27-24)31-14-18-10-5-4-6-11-18/h4-13,15H,14H2,1-3H3,(H2,26,27,28,29,32). The van der Waals surface area contributed by atoms with Gasteiger partial charge in [-0.1, -0.05) is 48.5 Å². The van der Waals surface area contributed by atoms with E-state index in [2.05, 4.69) is 20.6 Å². The molecule has 0 amide bonds. The van der Waals surface area contributed by atoms with Crippen molar-refractivity contribution in [2.45, 2.75) is 20.5 Å². The van der Waals surface area contributed by atoms with Crippen LogP contribution in [0.4, 0.5) is 11.5 Å². The number of thiocarbonyl (C=S) groups is 1. The maximum absolute atomic E-state index is 6.00. The second kappa shape index (κ2) is 9.62. The van der Waals surface area contributed by atoms with E-state index < -0.39 is 0 Å². The zero-order valence-electron chi connectivity index (χ0n) is 18.2. The van der Waals surface area contributed by atoms with Crippen LogP contribution in [0.25, 0.3) is 10.9 Å². The van der Waals surface area contributed by atoms with Crippen LogP contribution in [-0.4, -0.2) is 22.2 Å². The SMILES string of the molecule is COc1cc2c(NC(=S)Nc3c(C)cccc3C)ncnc2cc1OCc1ccccc1. The first kappa shape index (κ1) is 21.5. The molecular formula is C25H24N4O2S. The minimum Gasteiger partial charge on any atom is -0.493 e. The van der Waals surface area contributed by atoms with Gasteiger partial charge in [-0.15, -0.1) is 0 Å². The van der Waals surface area contributed by atoms with Gasteiger partial charge in [0.2, 0.25) is 0 Å². The normalized spacial score (nSPS) is 10.6. The molecule has 4 rings (SSSR count). The van der Waals surface area contributed by atoms with Crippen molar-refractivity contribution in [1.29, 1.82) is 0 Å². The minimum atomic E-state index is 0.433. The second-order valence-electron chi connectivity index (χ2n) is 7.36. The number of para-hydroxylation sites is 1. The van der Waals surface area contributed by atoms with Crippen LogP contribution in [0.3, 0.4) is 0 Å². The third-order valence-corrected chi connectivity index (χ3v) is 5.31. The Morgan fingerprint density at radius 3 is 2.38 bits per heavy atom. The Labute approximate surface area is 192 Å². The summed E-state index contributed by atoms with van der Waals surface area (Å²) < 4.78 is 11.6. The monoisotopic (exact) mass is 444 g/mol. The fourth-order valence-corrected chi connectivity index (χ4v) is 3.63. The van der Waals surface area contributed by atoms with Gasteiger partial charge >= 0.3 is 0 Å². The van der Waals surface area contributed by atoms with Crippen LogP contribution in [-0.2, 0) is 6.61 Å². The fraction of sp³-hybridized carbons (Fsp3) is 0.160. The lowest BCUT2D eigenvalue weighted by Crippen LogP contribution is -2.21. The highest BCUT2D eigenvalue weighted by molar-refractivity contribution is 7.80. The summed E-state index contributed by atoms with van der Waals surface area (Å²) in [5, 5.41) is 7.69. The molecule has 0 spiro atoms. The molecule has 0 aliphatic heterocycles. The number of aryl methyl sites for hydroxylation is 2. The molecule has 0 aliphatic carbocycles. The molecule has 6 nitrogen and oxygen atoms in total. The van der Waals surface area contributed by atoms with E-state index in [-0.39, 0.29) is 0 Å². The van der Waals surface area contributed by atoms with Crippen LogP contribution < -0.4 is 20.1 Å². The highest BCUT2D eigenvalue weighted by Crippen LogP contribution is 2.34. The number of aromatic nitrogens is 2. The molecule has 0 atom stereocenters. The largest absolute Gasteiger partial charge is 0.493 e. The topological polar surface area (TPSA) is 68.3 Å². The van der Waals surface area contributed by atoms with Crippen molar-refractivity contribution in [1.82, 2.24) is 9.97 Å². The maximum Gasteiger partial charge on any atom is 0.176 e. The Morgan fingerprint density at radius 1 is 0.906 bits per heavy atom. The number of nitrogens with zero attached hydrogens (tertiary/aromatic N) is 2. The first-order valence-corrected chi connectivity index (χ1v) is 10.6. The van der Waals surface area contributed by atoms with Crippen LogP contribution in [0, 0.1) is 13.8 Å². The van der Waals surface area contributed by atoms with E-state index in [0.717, 1.165) is 33.3 Å². The first-order valence-electron chi connectivity index (χ1n) is 10.2. The van der Waals surface area contributed by atoms with Crippen LogP contribution in [0.1, 0.15) is 16.7 Å². The van der Waals surface area contributed by atoms with E-state index in [1.54, 1.807) is 7.11 Å². The molecular weight excluding hydrogens is 420 g/mol. The molecule has 3 aromatic carbocycles. The summed E-state index contributed by atoms with van der Waals surface area (Å²) in [5.41, 5.74) is 5.01. The molecule has 0 unspecified atom stereocenters. The number of anilines is 2. The van der Waals surface area contributed by atoms with E-state index >= 15 is 0 Å². The van der Waals surface area contributed by atoms with Gasteiger partial charge in [-0.25, -0.2) is 9.97 Å². The molecule has 162 valence electrons. The number of benzene rings is 3. The molecule has 32 heavy (non-hydrogen) atoms. The van der Waals surface area contributed by atoms with Gasteiger partial charge < -0.3 is 20.1 Å². The summed E-state index contributed by atoms with van der Waals surface area (Å²) in [6, 6.07) is 19.8. The van der Waals surface area contributed by atoms with E-state index in [1.165, 1.54) is 6.33 Å². The molecule has 7 heteroatoms. The zero-order chi connectivity index (χ0) is 22.5. The van der Waals surface area contributed by atoms with Crippen molar-refractivity contribution in [2.75, 3.05) is 17.7 Å². The number of hydrogen-bond acceptors (Lipinski definition) is 5. The van der Waals surface area contributed by atoms with Gasteiger partial charge in [-0.3, -0.25) is 0 Å². The first-order chi connectivity index (χ1) is 15.5. The van der Waals surface area contributed by atoms with E-state index in [0.29, 0.717) is 29.0 Å². The predicted molar refractivity (Wildman–Crippen MR) is 133 cm³/mol. The molecule has 0 aliphatic rings. The zero-order valence-corrected chi connectivity index (χ0v) is 19.0. The molecule has 0 radical (unpaired) electrons. The van der Waals surface area contributed by atoms with Gasteiger partial charge in [0.15, 0.2) is 16.6 Å². The lowest BCUT2D eigenvalue weighted by atomic mass is 10.1. The quantitative estimate of drug-likeness (QED) is 0.373. The average Bonchev–Trinajstić information content (AvgIpc) is 2.80. The van der Waals surface area contributed by atoms with Crippen molar-refractivity contribution in [3.63, 3.8) is 0 Å². The number of nitrogens with one attached hydrogen (secondary N) is 2. The number of methoxy groups -OCH3 is 1. The summed E-state index contributed by atoms with van der Waals surface area (Å²) in [4.78, 5) is 8.79. The van der Waals surface area contributed by atoms with Gasteiger partial charge in [-0.2, -0.15) is 0 Å². The summed E-state index contributed by atoms with van der Waals surface area (Å²) in [5.74, 6) is 1.80. The molecule has 2 N–H and O–H groups in total. The summed E-state index contributed by atoms with van der Waals surface area (Å²) in [7, 11) is 1.61. The Balaban J connectivity index is 1.58. The third-order valence-electron chi connectivity index (χ3n) is 5.11. The van der Waals surface area contributed by atoms with Crippen molar-refractivity contribution in [2.24, 2.45) is 0 Å². The molecule has 0 saturated carbocycles. The third kappa shape index (κ3) is 4.78. The van der Waals surface area contributed by atoms with Gasteiger partial charge in [0.1, 0.15) is 18.8 Å². The van der Waals surface area contributed by atoms with Crippen LogP contribution in [0.5, 0.6) is 11.5 Å². The molecule has 0 fully saturated rings. The maximum atomic E-state index is 6.00. The van der Waals surface area contributed by atoms with Gasteiger partial charge in [0, 0.05) is 17.1 Å². The Kier molecular flexibility index (Phi) is 6.47. The van der Waals surface area contributed by atoms with Crippen molar-refractivity contribution in [3.05, 3.63) is 83.7 Å². The van der Waals surface area contributed by atoms with Crippen molar-refractivity contribution >= 4 is 39.7 Å². The van der Waals surface area contributed by atoms with E-state index in [4.69, 9.17) is 21.7 Å². The number of rotatable bonds is 6. The lowest BCUT2D eigenvalue weighted by Gasteiger charge is -2.16. The van der Waals surface area contributed by atoms with E-state index in [9.17, 15) is 0 Å². The summed E-state index contributed by atoms with van der Waals surface area (Å²) >= 11 is 5.54. The van der Waals surface area contributed by atoms with E-state index in [1.807, 2.05) is 74.5 Å². The Hall–Kier alpha value is -3.71. The molecule has 1 heterocycles. The minimum absolute atomic E-state index is 0.433. The number of ether oxygens (including phenoxy) is 2. The molecule has 0 saturated heterocycles. The fourth-order valence-electron chi connectivity index (χ4n) is 3.44. The Bertz CT molecular complexity index is 1240. The highest BCUT2D eigenvalue weighted by atomic mass is 32.1. The van der Waals surface area contributed by atoms with Gasteiger partial charge in [0.05, 0.1) is 12.6 Å². The average molecular weight is 445 g/mol. The molecule has 0 bridgehead atoms. The predicted octanol–water partition coefficient (Wildman–Crippen LogP) is 5.64. The van der Waals surface area contributed by atoms with Crippen LogP contribution >= 0.6 is 12.2 Å². The van der Waals surface area contributed by atoms with Gasteiger partial charge in [0.25, 0.3) is 0 Å². The lowest BCUT2D eigenvalue weighted by molar-refractivity contribution is 0.285. The molecule has 1 aromatic heterocycles.